The quantitative estimate of drug-likeness (QED) is 0.654. The van der Waals surface area contributed by atoms with Gasteiger partial charge < -0.3 is 23.8 Å². The molecule has 3 heterocycles. The number of fused-ring (bicyclic) bond motifs is 2. The van der Waals surface area contributed by atoms with Crippen molar-refractivity contribution >= 4 is 0 Å². The van der Waals surface area contributed by atoms with E-state index in [0.29, 0.717) is 6.61 Å². The summed E-state index contributed by atoms with van der Waals surface area (Å²) >= 11 is 0. The Morgan fingerprint density at radius 1 is 1.03 bits per heavy atom. The van der Waals surface area contributed by atoms with Crippen LogP contribution < -0.4 is 9.47 Å². The van der Waals surface area contributed by atoms with Crippen LogP contribution in [-0.4, -0.2) is 50.6 Å². The lowest BCUT2D eigenvalue weighted by Gasteiger charge is -2.38. The first kappa shape index (κ1) is 20.8. The minimum atomic E-state index is 0.0123. The number of likely N-dealkylation sites (tertiary alicyclic amines) is 1. The molecule has 2 fully saturated rings. The molecule has 1 spiro atoms. The van der Waals surface area contributed by atoms with Crippen LogP contribution in [0.15, 0.2) is 48.5 Å². The van der Waals surface area contributed by atoms with Gasteiger partial charge in [0, 0.05) is 30.2 Å². The van der Waals surface area contributed by atoms with Gasteiger partial charge in [-0.25, -0.2) is 0 Å². The van der Waals surface area contributed by atoms with Crippen molar-refractivity contribution in [2.75, 3.05) is 39.5 Å². The Morgan fingerprint density at radius 2 is 1.90 bits per heavy atom. The van der Waals surface area contributed by atoms with Crippen molar-refractivity contribution in [3.8, 4) is 11.5 Å². The summed E-state index contributed by atoms with van der Waals surface area (Å²) in [6.07, 6.45) is 5.69. The molecule has 1 atom stereocenters. The molecule has 5 heteroatoms. The second-order valence-electron chi connectivity index (χ2n) is 9.01. The minimum Gasteiger partial charge on any atom is -0.492 e. The molecule has 0 saturated carbocycles. The number of rotatable bonds is 7. The van der Waals surface area contributed by atoms with E-state index in [1.165, 1.54) is 17.5 Å². The molecule has 1 unspecified atom stereocenters. The van der Waals surface area contributed by atoms with Gasteiger partial charge in [0.25, 0.3) is 0 Å². The van der Waals surface area contributed by atoms with Gasteiger partial charge >= 0.3 is 0 Å². The Balaban J connectivity index is 1.12. The van der Waals surface area contributed by atoms with Crippen LogP contribution in [0.25, 0.3) is 0 Å². The van der Waals surface area contributed by atoms with Crippen LogP contribution in [0, 0.1) is 0 Å². The van der Waals surface area contributed by atoms with E-state index in [0.717, 1.165) is 76.6 Å². The van der Waals surface area contributed by atoms with E-state index in [1.807, 2.05) is 18.2 Å². The van der Waals surface area contributed by atoms with Gasteiger partial charge in [-0.05, 0) is 56.8 Å². The van der Waals surface area contributed by atoms with Gasteiger partial charge in [0.2, 0.25) is 0 Å². The van der Waals surface area contributed by atoms with Crippen molar-refractivity contribution in [3.63, 3.8) is 0 Å². The third-order valence-electron chi connectivity index (χ3n) is 6.94. The summed E-state index contributed by atoms with van der Waals surface area (Å²) in [5.41, 5.74) is 2.68. The largest absolute Gasteiger partial charge is 0.492 e. The standard InChI is InChI=1S/C26H33NO4/c1-2-6-21(7-3-1)19-30-22-9-10-23-24(18-22)31-20-26(23)11-13-27(14-12-26)15-17-29-25-8-4-5-16-28-25/h1-3,6-7,9-10,18,25H,4-5,8,11-17,19-20H2. The second-order valence-corrected chi connectivity index (χ2v) is 9.01. The number of hydrogen-bond acceptors (Lipinski definition) is 5. The Hall–Kier alpha value is -2.08. The van der Waals surface area contributed by atoms with Gasteiger partial charge in [0.1, 0.15) is 18.1 Å². The van der Waals surface area contributed by atoms with E-state index in [9.17, 15) is 0 Å². The van der Waals surface area contributed by atoms with Crippen molar-refractivity contribution in [1.82, 2.24) is 4.90 Å². The van der Waals surface area contributed by atoms with Crippen LogP contribution in [0.1, 0.15) is 43.2 Å². The van der Waals surface area contributed by atoms with Crippen LogP contribution in [0.3, 0.4) is 0 Å². The molecular weight excluding hydrogens is 390 g/mol. The number of piperidine rings is 1. The molecule has 0 N–H and O–H groups in total. The molecule has 2 aromatic carbocycles. The summed E-state index contributed by atoms with van der Waals surface area (Å²) in [7, 11) is 0. The first-order valence-corrected chi connectivity index (χ1v) is 11.7. The van der Waals surface area contributed by atoms with Crippen LogP contribution in [-0.2, 0) is 21.5 Å². The van der Waals surface area contributed by atoms with E-state index in [-0.39, 0.29) is 11.7 Å². The predicted octanol–water partition coefficient (Wildman–Crippen LogP) is 4.53. The Morgan fingerprint density at radius 3 is 2.71 bits per heavy atom. The molecule has 0 aromatic heterocycles. The third-order valence-corrected chi connectivity index (χ3v) is 6.94. The van der Waals surface area contributed by atoms with Gasteiger partial charge in [-0.2, -0.15) is 0 Å². The van der Waals surface area contributed by atoms with E-state index >= 15 is 0 Å². The fourth-order valence-electron chi connectivity index (χ4n) is 4.96. The third kappa shape index (κ3) is 4.89. The molecule has 3 aliphatic heterocycles. The predicted molar refractivity (Wildman–Crippen MR) is 120 cm³/mol. The molecule has 5 nitrogen and oxygen atoms in total. The molecule has 0 radical (unpaired) electrons. The van der Waals surface area contributed by atoms with Crippen molar-refractivity contribution in [2.24, 2.45) is 0 Å². The Bertz CT molecular complexity index is 842. The number of nitrogens with zero attached hydrogens (tertiary/aromatic N) is 1. The van der Waals surface area contributed by atoms with Crippen LogP contribution in [0.4, 0.5) is 0 Å². The average Bonchev–Trinajstić information content (AvgIpc) is 3.18. The van der Waals surface area contributed by atoms with Crippen molar-refractivity contribution in [3.05, 3.63) is 59.7 Å². The summed E-state index contributed by atoms with van der Waals surface area (Å²) in [5.74, 6) is 1.87. The monoisotopic (exact) mass is 423 g/mol. The van der Waals surface area contributed by atoms with Crippen LogP contribution in [0.5, 0.6) is 11.5 Å². The Kier molecular flexibility index (Phi) is 6.44. The van der Waals surface area contributed by atoms with Gasteiger partial charge in [-0.3, -0.25) is 0 Å². The van der Waals surface area contributed by atoms with E-state index in [2.05, 4.69) is 35.2 Å². The topological polar surface area (TPSA) is 40.2 Å². The van der Waals surface area contributed by atoms with Crippen LogP contribution >= 0.6 is 0 Å². The van der Waals surface area contributed by atoms with Gasteiger partial charge in [-0.15, -0.1) is 0 Å². The van der Waals surface area contributed by atoms with Gasteiger partial charge in [0.05, 0.1) is 13.2 Å². The van der Waals surface area contributed by atoms with E-state index < -0.39 is 0 Å². The fourth-order valence-corrected chi connectivity index (χ4v) is 4.96. The zero-order valence-electron chi connectivity index (χ0n) is 18.3. The lowest BCUT2D eigenvalue weighted by Crippen LogP contribution is -2.44. The summed E-state index contributed by atoms with van der Waals surface area (Å²) in [6.45, 7) is 6.12. The maximum absolute atomic E-state index is 6.14. The lowest BCUT2D eigenvalue weighted by molar-refractivity contribution is -0.164. The first-order chi connectivity index (χ1) is 15.3. The average molecular weight is 424 g/mol. The van der Waals surface area contributed by atoms with Crippen molar-refractivity contribution < 1.29 is 18.9 Å². The maximum Gasteiger partial charge on any atom is 0.157 e. The minimum absolute atomic E-state index is 0.0123. The molecular formula is C26H33NO4. The maximum atomic E-state index is 6.14. The number of ether oxygens (including phenoxy) is 4. The highest BCUT2D eigenvalue weighted by Crippen LogP contribution is 2.46. The van der Waals surface area contributed by atoms with E-state index in [4.69, 9.17) is 18.9 Å². The van der Waals surface area contributed by atoms with Crippen molar-refractivity contribution in [1.29, 1.82) is 0 Å². The van der Waals surface area contributed by atoms with Gasteiger partial charge in [0.15, 0.2) is 6.29 Å². The first-order valence-electron chi connectivity index (χ1n) is 11.7. The number of benzene rings is 2. The molecule has 0 bridgehead atoms. The summed E-state index contributed by atoms with van der Waals surface area (Å²) in [4.78, 5) is 2.52. The zero-order chi connectivity index (χ0) is 20.9. The molecule has 2 aromatic rings. The summed E-state index contributed by atoms with van der Waals surface area (Å²) < 4.78 is 23.7. The van der Waals surface area contributed by atoms with E-state index in [1.54, 1.807) is 0 Å². The van der Waals surface area contributed by atoms with Gasteiger partial charge in [-0.1, -0.05) is 36.4 Å². The molecule has 3 aliphatic rings. The SMILES string of the molecule is c1ccc(COc2ccc3c(c2)OCC32CCN(CCOC3CCCCO3)CC2)cc1. The lowest BCUT2D eigenvalue weighted by atomic mass is 9.74. The Labute approximate surface area is 185 Å². The number of hydrogen-bond donors (Lipinski definition) is 0. The summed E-state index contributed by atoms with van der Waals surface area (Å²) in [5, 5.41) is 0. The zero-order valence-corrected chi connectivity index (χ0v) is 18.3. The second kappa shape index (κ2) is 9.60. The van der Waals surface area contributed by atoms with Crippen LogP contribution in [0.2, 0.25) is 0 Å². The molecule has 0 amide bonds. The smallest absolute Gasteiger partial charge is 0.157 e. The summed E-state index contributed by atoms with van der Waals surface area (Å²) in [6, 6.07) is 16.7. The molecule has 0 aliphatic carbocycles. The molecule has 5 rings (SSSR count). The van der Waals surface area contributed by atoms with Crippen molar-refractivity contribution in [2.45, 2.75) is 50.4 Å². The highest BCUT2D eigenvalue weighted by atomic mass is 16.7. The normalized spacial score (nSPS) is 22.8. The fraction of sp³-hybridized carbons (Fsp3) is 0.538. The molecule has 166 valence electrons. The highest BCUT2D eigenvalue weighted by molar-refractivity contribution is 5.48. The molecule has 31 heavy (non-hydrogen) atoms. The highest BCUT2D eigenvalue weighted by Gasteiger charge is 2.43. The molecule has 2 saturated heterocycles.